The summed E-state index contributed by atoms with van der Waals surface area (Å²) in [6, 6.07) is 5.44. The van der Waals surface area contributed by atoms with E-state index in [2.05, 4.69) is 5.32 Å². The van der Waals surface area contributed by atoms with Crippen LogP contribution in [0.15, 0.2) is 18.2 Å². The van der Waals surface area contributed by atoms with Gasteiger partial charge in [-0.05, 0) is 38.4 Å². The molecule has 1 aromatic rings. The summed E-state index contributed by atoms with van der Waals surface area (Å²) >= 11 is 0. The van der Waals surface area contributed by atoms with Crippen molar-refractivity contribution >= 4 is 5.91 Å². The molecule has 1 aliphatic rings. The van der Waals surface area contributed by atoms with E-state index in [0.717, 1.165) is 12.8 Å². The second kappa shape index (κ2) is 5.48. The van der Waals surface area contributed by atoms with E-state index in [9.17, 15) is 9.18 Å². The van der Waals surface area contributed by atoms with Gasteiger partial charge >= 0.3 is 0 Å². The highest BCUT2D eigenvalue weighted by molar-refractivity contribution is 5.94. The van der Waals surface area contributed by atoms with Crippen molar-refractivity contribution in [2.75, 3.05) is 20.1 Å². The third-order valence-corrected chi connectivity index (χ3v) is 3.61. The van der Waals surface area contributed by atoms with E-state index in [1.807, 2.05) is 7.05 Å². The first kappa shape index (κ1) is 13.0. The summed E-state index contributed by atoms with van der Waals surface area (Å²) in [6.07, 6.45) is 1.85. The minimum atomic E-state index is -0.391. The van der Waals surface area contributed by atoms with Crippen molar-refractivity contribution in [3.63, 3.8) is 0 Å². The summed E-state index contributed by atoms with van der Waals surface area (Å²) in [7, 11) is 1.93. The van der Waals surface area contributed by atoms with Crippen LogP contribution in [0, 0.1) is 12.7 Å². The number of hydrogen-bond donors (Lipinski definition) is 1. The zero-order chi connectivity index (χ0) is 13.1. The number of hydrogen-bond acceptors (Lipinski definition) is 2. The van der Waals surface area contributed by atoms with Gasteiger partial charge in [0.2, 0.25) is 0 Å². The molecule has 1 N–H and O–H groups in total. The van der Waals surface area contributed by atoms with Crippen LogP contribution in [0.1, 0.15) is 28.8 Å². The number of amides is 1. The average Bonchev–Trinajstić information content (AvgIpc) is 2.41. The number of benzene rings is 1. The molecule has 2 rings (SSSR count). The zero-order valence-corrected chi connectivity index (χ0v) is 10.9. The fourth-order valence-corrected chi connectivity index (χ4v) is 2.35. The number of rotatable bonds is 2. The van der Waals surface area contributed by atoms with Crippen molar-refractivity contribution in [2.45, 2.75) is 25.8 Å². The maximum absolute atomic E-state index is 13.9. The SMILES string of the molecule is CNC1CCN(C(=O)c2cccc(C)c2F)CC1. The van der Waals surface area contributed by atoms with Gasteiger partial charge in [0.25, 0.3) is 5.91 Å². The Morgan fingerprint density at radius 1 is 1.39 bits per heavy atom. The van der Waals surface area contributed by atoms with Crippen LogP contribution in [-0.4, -0.2) is 37.0 Å². The molecule has 0 aromatic heterocycles. The molecule has 1 heterocycles. The minimum absolute atomic E-state index is 0.189. The predicted octanol–water partition coefficient (Wildman–Crippen LogP) is 1.96. The molecule has 98 valence electrons. The van der Waals surface area contributed by atoms with Gasteiger partial charge < -0.3 is 10.2 Å². The van der Waals surface area contributed by atoms with Crippen molar-refractivity contribution in [2.24, 2.45) is 0 Å². The van der Waals surface area contributed by atoms with Crippen molar-refractivity contribution in [3.05, 3.63) is 35.1 Å². The Morgan fingerprint density at radius 2 is 2.06 bits per heavy atom. The van der Waals surface area contributed by atoms with Crippen LogP contribution >= 0.6 is 0 Å². The van der Waals surface area contributed by atoms with Crippen LogP contribution in [0.3, 0.4) is 0 Å². The fourth-order valence-electron chi connectivity index (χ4n) is 2.35. The molecule has 4 heteroatoms. The molecule has 1 saturated heterocycles. The largest absolute Gasteiger partial charge is 0.338 e. The Kier molecular flexibility index (Phi) is 3.97. The van der Waals surface area contributed by atoms with Crippen LogP contribution in [0.4, 0.5) is 4.39 Å². The van der Waals surface area contributed by atoms with Gasteiger partial charge in [0.05, 0.1) is 5.56 Å². The molecule has 1 fully saturated rings. The molecule has 0 aliphatic carbocycles. The first-order chi connectivity index (χ1) is 8.63. The zero-order valence-electron chi connectivity index (χ0n) is 10.9. The summed E-state index contributed by atoms with van der Waals surface area (Å²) in [5.74, 6) is -0.580. The number of carbonyl (C=O) groups is 1. The molecule has 18 heavy (non-hydrogen) atoms. The fraction of sp³-hybridized carbons (Fsp3) is 0.500. The summed E-state index contributed by atoms with van der Waals surface area (Å²) < 4.78 is 13.9. The number of piperidine rings is 1. The van der Waals surface area contributed by atoms with E-state index in [-0.39, 0.29) is 11.5 Å². The molecule has 3 nitrogen and oxygen atoms in total. The van der Waals surface area contributed by atoms with Crippen LogP contribution in [0.5, 0.6) is 0 Å². The standard InChI is InChI=1S/C14H19FN2O/c1-10-4-3-5-12(13(10)15)14(18)17-8-6-11(16-2)7-9-17/h3-5,11,16H,6-9H2,1-2H3. The van der Waals surface area contributed by atoms with Gasteiger partial charge in [-0.15, -0.1) is 0 Å². The maximum atomic E-state index is 13.9. The lowest BCUT2D eigenvalue weighted by molar-refractivity contribution is 0.0702. The quantitative estimate of drug-likeness (QED) is 0.870. The molecule has 0 unspecified atom stereocenters. The lowest BCUT2D eigenvalue weighted by Gasteiger charge is -2.32. The van der Waals surface area contributed by atoms with Gasteiger partial charge in [0.1, 0.15) is 5.82 Å². The first-order valence-corrected chi connectivity index (χ1v) is 6.35. The molecule has 0 saturated carbocycles. The lowest BCUT2D eigenvalue weighted by Crippen LogP contribution is -2.44. The number of nitrogens with one attached hydrogen (secondary N) is 1. The van der Waals surface area contributed by atoms with Crippen molar-refractivity contribution in [3.8, 4) is 0 Å². The first-order valence-electron chi connectivity index (χ1n) is 6.35. The number of aryl methyl sites for hydroxylation is 1. The second-order valence-electron chi connectivity index (χ2n) is 4.79. The highest BCUT2D eigenvalue weighted by Gasteiger charge is 2.24. The van der Waals surface area contributed by atoms with Crippen molar-refractivity contribution in [1.29, 1.82) is 0 Å². The highest BCUT2D eigenvalue weighted by Crippen LogP contribution is 2.17. The van der Waals surface area contributed by atoms with E-state index in [4.69, 9.17) is 0 Å². The Morgan fingerprint density at radius 3 is 2.67 bits per heavy atom. The normalized spacial score (nSPS) is 16.9. The van der Waals surface area contributed by atoms with Gasteiger partial charge in [-0.25, -0.2) is 4.39 Å². The van der Waals surface area contributed by atoms with E-state index < -0.39 is 5.82 Å². The molecular weight excluding hydrogens is 231 g/mol. The minimum Gasteiger partial charge on any atom is -0.338 e. The lowest BCUT2D eigenvalue weighted by atomic mass is 10.0. The van der Waals surface area contributed by atoms with Crippen LogP contribution in [0.2, 0.25) is 0 Å². The van der Waals surface area contributed by atoms with Gasteiger partial charge in [-0.2, -0.15) is 0 Å². The van der Waals surface area contributed by atoms with Gasteiger partial charge in [-0.3, -0.25) is 4.79 Å². The van der Waals surface area contributed by atoms with E-state index in [1.165, 1.54) is 0 Å². The smallest absolute Gasteiger partial charge is 0.256 e. The molecule has 0 radical (unpaired) electrons. The summed E-state index contributed by atoms with van der Waals surface area (Å²) in [5.41, 5.74) is 0.712. The summed E-state index contributed by atoms with van der Waals surface area (Å²) in [4.78, 5) is 14.0. The van der Waals surface area contributed by atoms with Crippen molar-refractivity contribution < 1.29 is 9.18 Å². The monoisotopic (exact) mass is 250 g/mol. The summed E-state index contributed by atoms with van der Waals surface area (Å²) in [5, 5.41) is 3.21. The van der Waals surface area contributed by atoms with Crippen molar-refractivity contribution in [1.82, 2.24) is 10.2 Å². The Hall–Kier alpha value is -1.42. The van der Waals surface area contributed by atoms with Gasteiger partial charge in [0.15, 0.2) is 0 Å². The molecule has 1 aliphatic heterocycles. The molecule has 0 spiro atoms. The number of carbonyl (C=O) groups excluding carboxylic acids is 1. The predicted molar refractivity (Wildman–Crippen MR) is 69.1 cm³/mol. The van der Waals surface area contributed by atoms with Crippen LogP contribution < -0.4 is 5.32 Å². The Labute approximate surface area is 107 Å². The van der Waals surface area contributed by atoms with Crippen LogP contribution in [-0.2, 0) is 0 Å². The van der Waals surface area contributed by atoms with Gasteiger partial charge in [0, 0.05) is 19.1 Å². The number of nitrogens with zero attached hydrogens (tertiary/aromatic N) is 1. The average molecular weight is 250 g/mol. The molecule has 1 aromatic carbocycles. The number of halogens is 1. The van der Waals surface area contributed by atoms with Crippen LogP contribution in [0.25, 0.3) is 0 Å². The molecular formula is C14H19FN2O. The topological polar surface area (TPSA) is 32.3 Å². The Bertz CT molecular complexity index is 439. The maximum Gasteiger partial charge on any atom is 0.256 e. The molecule has 0 bridgehead atoms. The van der Waals surface area contributed by atoms with Gasteiger partial charge in [-0.1, -0.05) is 12.1 Å². The number of likely N-dealkylation sites (tertiary alicyclic amines) is 1. The molecule has 1 amide bonds. The second-order valence-corrected chi connectivity index (χ2v) is 4.79. The third kappa shape index (κ3) is 2.53. The summed E-state index contributed by atoms with van der Waals surface area (Å²) in [6.45, 7) is 3.06. The van der Waals surface area contributed by atoms with E-state index in [1.54, 1.807) is 30.0 Å². The Balaban J connectivity index is 2.10. The van der Waals surface area contributed by atoms with E-state index >= 15 is 0 Å². The highest BCUT2D eigenvalue weighted by atomic mass is 19.1. The van der Waals surface area contributed by atoms with E-state index in [0.29, 0.717) is 24.7 Å². The molecule has 0 atom stereocenters. The third-order valence-electron chi connectivity index (χ3n) is 3.61.